The van der Waals surface area contributed by atoms with Crippen molar-refractivity contribution in [2.45, 2.75) is 25.4 Å². The first-order valence-corrected chi connectivity index (χ1v) is 12.9. The second-order valence-corrected chi connectivity index (χ2v) is 9.66. The molecule has 1 aliphatic heterocycles. The van der Waals surface area contributed by atoms with E-state index in [-0.39, 0.29) is 18.4 Å². The predicted octanol–water partition coefficient (Wildman–Crippen LogP) is 4.00. The highest BCUT2D eigenvalue weighted by molar-refractivity contribution is 7.03. The van der Waals surface area contributed by atoms with Gasteiger partial charge in [-0.15, -0.1) is 10.2 Å². The van der Waals surface area contributed by atoms with E-state index in [9.17, 15) is 13.6 Å². The molecule has 2 aromatic heterocycles. The maximum Gasteiger partial charge on any atom is 0.320 e. The van der Waals surface area contributed by atoms with E-state index in [1.54, 1.807) is 6.92 Å². The minimum absolute atomic E-state index is 0.194. The Kier molecular flexibility index (Phi) is 7.76. The smallest absolute Gasteiger partial charge is 0.320 e. The van der Waals surface area contributed by atoms with Crippen molar-refractivity contribution in [2.24, 2.45) is 0 Å². The lowest BCUT2D eigenvalue weighted by Crippen LogP contribution is -2.42. The number of hydrogen-bond acceptors (Lipinski definition) is 8. The highest BCUT2D eigenvalue weighted by Gasteiger charge is 2.36. The van der Waals surface area contributed by atoms with Gasteiger partial charge in [0.05, 0.1) is 23.0 Å². The molecule has 2 atom stereocenters. The number of nitrogens with zero attached hydrogens (tertiary/aromatic N) is 6. The summed E-state index contributed by atoms with van der Waals surface area (Å²) in [5, 5.41) is 25.2. The summed E-state index contributed by atoms with van der Waals surface area (Å²) in [5.41, 5.74) is 2.61. The zero-order chi connectivity index (χ0) is 27.4. The average Bonchev–Trinajstić information content (AvgIpc) is 3.66. The number of carbonyl (C=O) groups excluding carboxylic acids is 1. The largest absolute Gasteiger partial charge is 0.461 e. The molecule has 200 valence electrons. The van der Waals surface area contributed by atoms with Crippen LogP contribution in [0.3, 0.4) is 0 Å². The average molecular weight is 551 g/mol. The molecule has 1 fully saturated rings. The number of nitriles is 1. The number of nitrogens with one attached hydrogen (secondary N) is 2. The van der Waals surface area contributed by atoms with Crippen molar-refractivity contribution in [2.75, 3.05) is 25.0 Å². The molecule has 2 amide bonds. The summed E-state index contributed by atoms with van der Waals surface area (Å²) in [6.07, 6.45) is 0. The minimum Gasteiger partial charge on any atom is -0.461 e. The zero-order valence-electron chi connectivity index (χ0n) is 20.8. The molecular formula is C26H24F2N8O2S. The number of para-hydroxylation sites is 1. The van der Waals surface area contributed by atoms with Crippen molar-refractivity contribution in [3.8, 4) is 17.6 Å². The third kappa shape index (κ3) is 5.87. The molecule has 13 heteroatoms. The highest BCUT2D eigenvalue weighted by Crippen LogP contribution is 2.31. The standard InChI is InChI=1S/C26H24F2N8O2S/c1-16-24(36(19-5-3-2-4-6-19)33-25(16)38-10-9-29)31-26(37)30-23-14-35(12-18-15-39-34-32-18)13-20(23)17-7-8-21(27)22(28)11-17/h2-8,11,15,20,23H,10,12-14H2,1H3,(H2,30,31,37)/t20-,23+/m0/s1. The molecule has 4 aromatic rings. The van der Waals surface area contributed by atoms with Crippen LogP contribution >= 0.6 is 11.5 Å². The Balaban J connectivity index is 1.39. The van der Waals surface area contributed by atoms with Crippen LogP contribution in [0.2, 0.25) is 0 Å². The Morgan fingerprint density at radius 1 is 1.21 bits per heavy atom. The lowest BCUT2D eigenvalue weighted by Gasteiger charge is -2.21. The third-order valence-electron chi connectivity index (χ3n) is 6.46. The van der Waals surface area contributed by atoms with E-state index in [2.05, 4.69) is 30.2 Å². The van der Waals surface area contributed by atoms with Gasteiger partial charge in [0.1, 0.15) is 11.9 Å². The van der Waals surface area contributed by atoms with Gasteiger partial charge in [-0.1, -0.05) is 28.8 Å². The van der Waals surface area contributed by atoms with E-state index >= 15 is 0 Å². The SMILES string of the molecule is Cc1c(OCC#N)nn(-c2ccccc2)c1NC(=O)N[C@@H]1CN(Cc2csnn2)C[C@H]1c1ccc(F)c(F)c1. The molecule has 0 spiro atoms. The molecular weight excluding hydrogens is 526 g/mol. The summed E-state index contributed by atoms with van der Waals surface area (Å²) in [5.74, 6) is -1.57. The number of benzene rings is 2. The Bertz CT molecular complexity index is 1490. The van der Waals surface area contributed by atoms with Gasteiger partial charge >= 0.3 is 6.03 Å². The minimum atomic E-state index is -0.940. The maximum atomic E-state index is 14.1. The number of ether oxygens (including phenoxy) is 1. The Morgan fingerprint density at radius 2 is 2.03 bits per heavy atom. The molecule has 0 bridgehead atoms. The van der Waals surface area contributed by atoms with E-state index in [0.29, 0.717) is 42.3 Å². The molecule has 1 aliphatic rings. The fourth-order valence-electron chi connectivity index (χ4n) is 4.65. The van der Waals surface area contributed by atoms with E-state index in [4.69, 9.17) is 10.00 Å². The van der Waals surface area contributed by atoms with Crippen molar-refractivity contribution in [3.05, 3.63) is 82.4 Å². The second kappa shape index (κ2) is 11.5. The monoisotopic (exact) mass is 550 g/mol. The number of carbonyl (C=O) groups is 1. The Morgan fingerprint density at radius 3 is 2.74 bits per heavy atom. The summed E-state index contributed by atoms with van der Waals surface area (Å²) < 4.78 is 38.6. The fourth-order valence-corrected chi connectivity index (χ4v) is 5.09. The van der Waals surface area contributed by atoms with Crippen LogP contribution in [0.15, 0.2) is 53.9 Å². The molecule has 0 aliphatic carbocycles. The van der Waals surface area contributed by atoms with Gasteiger partial charge in [0.2, 0.25) is 5.88 Å². The van der Waals surface area contributed by atoms with Crippen molar-refractivity contribution in [1.82, 2.24) is 29.6 Å². The topological polar surface area (TPSA) is 121 Å². The molecule has 3 heterocycles. The van der Waals surface area contributed by atoms with Crippen LogP contribution in [-0.2, 0) is 6.54 Å². The Labute approximate surface area is 227 Å². The number of amides is 2. The predicted molar refractivity (Wildman–Crippen MR) is 140 cm³/mol. The van der Waals surface area contributed by atoms with Gasteiger partial charge in [-0.3, -0.25) is 10.2 Å². The number of hydrogen-bond donors (Lipinski definition) is 2. The lowest BCUT2D eigenvalue weighted by atomic mass is 9.94. The molecule has 39 heavy (non-hydrogen) atoms. The number of likely N-dealkylation sites (tertiary alicyclic amines) is 1. The van der Waals surface area contributed by atoms with Crippen molar-refractivity contribution in [3.63, 3.8) is 0 Å². The number of urea groups is 1. The van der Waals surface area contributed by atoms with Crippen LogP contribution in [0.25, 0.3) is 5.69 Å². The molecule has 0 radical (unpaired) electrons. The molecule has 5 rings (SSSR count). The van der Waals surface area contributed by atoms with Crippen LogP contribution in [-0.4, -0.2) is 56.0 Å². The molecule has 2 N–H and O–H groups in total. The molecule has 2 aromatic carbocycles. The Hall–Kier alpha value is -4.41. The lowest BCUT2D eigenvalue weighted by molar-refractivity contribution is 0.246. The first-order valence-electron chi connectivity index (χ1n) is 12.1. The van der Waals surface area contributed by atoms with E-state index < -0.39 is 23.7 Å². The van der Waals surface area contributed by atoms with Crippen molar-refractivity contribution in [1.29, 1.82) is 5.26 Å². The fraction of sp³-hybridized carbons (Fsp3) is 0.269. The second-order valence-electron chi connectivity index (χ2n) is 9.05. The summed E-state index contributed by atoms with van der Waals surface area (Å²) in [6.45, 7) is 3.01. The highest BCUT2D eigenvalue weighted by atomic mass is 32.1. The van der Waals surface area contributed by atoms with Crippen LogP contribution in [0, 0.1) is 29.9 Å². The van der Waals surface area contributed by atoms with Gasteiger partial charge in [-0.25, -0.2) is 18.3 Å². The first-order chi connectivity index (χ1) is 18.9. The number of anilines is 1. The van der Waals surface area contributed by atoms with E-state index in [1.165, 1.54) is 28.3 Å². The molecule has 1 saturated heterocycles. The number of rotatable bonds is 8. The number of aromatic nitrogens is 4. The summed E-state index contributed by atoms with van der Waals surface area (Å²) in [7, 11) is 0. The van der Waals surface area contributed by atoms with Crippen LogP contribution < -0.4 is 15.4 Å². The summed E-state index contributed by atoms with van der Waals surface area (Å²) in [4.78, 5) is 15.4. The zero-order valence-corrected chi connectivity index (χ0v) is 21.7. The quantitative estimate of drug-likeness (QED) is 0.340. The van der Waals surface area contributed by atoms with Gasteiger partial charge in [0, 0.05) is 30.9 Å². The van der Waals surface area contributed by atoms with Crippen molar-refractivity contribution >= 4 is 23.4 Å². The third-order valence-corrected chi connectivity index (χ3v) is 7.01. The van der Waals surface area contributed by atoms with Crippen LogP contribution in [0.1, 0.15) is 22.7 Å². The molecule has 0 saturated carbocycles. The van der Waals surface area contributed by atoms with Gasteiger partial charge in [-0.05, 0) is 48.3 Å². The van der Waals surface area contributed by atoms with Gasteiger partial charge in [0.15, 0.2) is 18.2 Å². The first kappa shape index (κ1) is 26.2. The van der Waals surface area contributed by atoms with E-state index in [0.717, 1.165) is 11.8 Å². The van der Waals surface area contributed by atoms with Crippen LogP contribution in [0.5, 0.6) is 5.88 Å². The summed E-state index contributed by atoms with van der Waals surface area (Å²) >= 11 is 1.25. The maximum absolute atomic E-state index is 14.1. The van der Waals surface area contributed by atoms with Crippen LogP contribution in [0.4, 0.5) is 19.4 Å². The van der Waals surface area contributed by atoms with Crippen molar-refractivity contribution < 1.29 is 18.3 Å². The molecule has 10 nitrogen and oxygen atoms in total. The number of halogens is 2. The van der Waals surface area contributed by atoms with E-state index in [1.807, 2.05) is 41.8 Å². The molecule has 0 unspecified atom stereocenters. The van der Waals surface area contributed by atoms with Gasteiger partial charge in [0.25, 0.3) is 0 Å². The normalized spacial score (nSPS) is 17.1. The summed E-state index contributed by atoms with van der Waals surface area (Å²) in [6, 6.07) is 14.0. The van der Waals surface area contributed by atoms with Gasteiger partial charge in [-0.2, -0.15) is 5.26 Å². The van der Waals surface area contributed by atoms with Gasteiger partial charge < -0.3 is 10.1 Å².